The molecule has 1 aromatic heterocycles. The molecule has 2 rings (SSSR count). The standard InChI is InChI=1S/C17H22N2O5/c1-3-23-8-9-24-12(2)17(22)18-14-4-5-15-13(10-14)6-7-19(15)11-16(20)21/h4-7,10,12H,3,8-9,11H2,1-2H3,(H,18,22)(H,20,21). The van der Waals surface area contributed by atoms with Gasteiger partial charge in [0.1, 0.15) is 12.6 Å². The molecule has 1 aromatic carbocycles. The number of carboxylic acids is 1. The van der Waals surface area contributed by atoms with E-state index in [1.165, 1.54) is 0 Å². The van der Waals surface area contributed by atoms with E-state index in [4.69, 9.17) is 14.6 Å². The number of nitrogens with one attached hydrogen (secondary N) is 1. The third-order valence-electron chi connectivity index (χ3n) is 3.51. The predicted molar refractivity (Wildman–Crippen MR) is 90.1 cm³/mol. The fourth-order valence-electron chi connectivity index (χ4n) is 2.31. The van der Waals surface area contributed by atoms with Gasteiger partial charge in [-0.25, -0.2) is 0 Å². The Hall–Kier alpha value is -2.38. The van der Waals surface area contributed by atoms with Crippen molar-refractivity contribution in [1.29, 1.82) is 0 Å². The molecule has 1 atom stereocenters. The number of hydrogen-bond donors (Lipinski definition) is 2. The molecule has 0 fully saturated rings. The van der Waals surface area contributed by atoms with Gasteiger partial charge in [0, 0.05) is 29.4 Å². The molecule has 7 heteroatoms. The average Bonchev–Trinajstić information content (AvgIpc) is 2.93. The van der Waals surface area contributed by atoms with E-state index in [9.17, 15) is 9.59 Å². The van der Waals surface area contributed by atoms with Crippen LogP contribution < -0.4 is 5.32 Å². The largest absolute Gasteiger partial charge is 0.480 e. The number of benzene rings is 1. The van der Waals surface area contributed by atoms with Crippen LogP contribution in [0.1, 0.15) is 13.8 Å². The van der Waals surface area contributed by atoms with E-state index in [-0.39, 0.29) is 12.5 Å². The van der Waals surface area contributed by atoms with E-state index >= 15 is 0 Å². The van der Waals surface area contributed by atoms with Gasteiger partial charge < -0.3 is 24.5 Å². The number of fused-ring (bicyclic) bond motifs is 1. The third-order valence-corrected chi connectivity index (χ3v) is 3.51. The highest BCUT2D eigenvalue weighted by Gasteiger charge is 2.14. The summed E-state index contributed by atoms with van der Waals surface area (Å²) in [4.78, 5) is 22.9. The second-order valence-corrected chi connectivity index (χ2v) is 5.31. The number of aliphatic carboxylic acids is 1. The lowest BCUT2D eigenvalue weighted by Crippen LogP contribution is -2.28. The zero-order valence-electron chi connectivity index (χ0n) is 13.8. The van der Waals surface area contributed by atoms with Crippen LogP contribution in [0.25, 0.3) is 10.9 Å². The van der Waals surface area contributed by atoms with Crippen LogP contribution in [0, 0.1) is 0 Å². The molecule has 0 aliphatic carbocycles. The van der Waals surface area contributed by atoms with Crippen molar-refractivity contribution in [3.63, 3.8) is 0 Å². The zero-order valence-corrected chi connectivity index (χ0v) is 13.8. The van der Waals surface area contributed by atoms with Crippen molar-refractivity contribution >= 4 is 28.5 Å². The summed E-state index contributed by atoms with van der Waals surface area (Å²) in [6.07, 6.45) is 1.13. The van der Waals surface area contributed by atoms with Gasteiger partial charge in [0.05, 0.1) is 13.2 Å². The quantitative estimate of drug-likeness (QED) is 0.686. The molecule has 1 unspecified atom stereocenters. The van der Waals surface area contributed by atoms with Crippen LogP contribution in [0.3, 0.4) is 0 Å². The lowest BCUT2D eigenvalue weighted by atomic mass is 10.2. The predicted octanol–water partition coefficient (Wildman–Crippen LogP) is 2.11. The van der Waals surface area contributed by atoms with Gasteiger partial charge in [0.15, 0.2) is 0 Å². The van der Waals surface area contributed by atoms with Crippen molar-refractivity contribution in [3.05, 3.63) is 30.5 Å². The van der Waals surface area contributed by atoms with Gasteiger partial charge in [0.2, 0.25) is 0 Å². The smallest absolute Gasteiger partial charge is 0.323 e. The van der Waals surface area contributed by atoms with E-state index in [1.54, 1.807) is 35.9 Å². The first kappa shape index (κ1) is 18.0. The minimum Gasteiger partial charge on any atom is -0.480 e. The van der Waals surface area contributed by atoms with E-state index in [2.05, 4.69) is 5.32 Å². The molecule has 24 heavy (non-hydrogen) atoms. The van der Waals surface area contributed by atoms with Crippen molar-refractivity contribution in [3.8, 4) is 0 Å². The van der Waals surface area contributed by atoms with Crippen molar-refractivity contribution in [2.24, 2.45) is 0 Å². The zero-order chi connectivity index (χ0) is 17.5. The highest BCUT2D eigenvalue weighted by Crippen LogP contribution is 2.20. The average molecular weight is 334 g/mol. The Kier molecular flexibility index (Phi) is 6.34. The van der Waals surface area contributed by atoms with Crippen LogP contribution in [0.4, 0.5) is 5.69 Å². The summed E-state index contributed by atoms with van der Waals surface area (Å²) < 4.78 is 12.2. The topological polar surface area (TPSA) is 89.8 Å². The normalized spacial score (nSPS) is 12.2. The van der Waals surface area contributed by atoms with Crippen molar-refractivity contribution < 1.29 is 24.2 Å². The fourth-order valence-corrected chi connectivity index (χ4v) is 2.31. The number of rotatable bonds is 9. The summed E-state index contributed by atoms with van der Waals surface area (Å²) in [7, 11) is 0. The van der Waals surface area contributed by atoms with E-state index in [0.717, 1.165) is 10.9 Å². The Morgan fingerprint density at radius 2 is 2.08 bits per heavy atom. The maximum atomic E-state index is 12.1. The second kappa shape index (κ2) is 8.47. The molecule has 1 heterocycles. The molecule has 0 spiro atoms. The van der Waals surface area contributed by atoms with Crippen LogP contribution in [0.5, 0.6) is 0 Å². The van der Waals surface area contributed by atoms with Gasteiger partial charge in [-0.1, -0.05) is 0 Å². The minimum atomic E-state index is -0.900. The maximum Gasteiger partial charge on any atom is 0.323 e. The number of aromatic nitrogens is 1. The van der Waals surface area contributed by atoms with E-state index in [0.29, 0.717) is 25.5 Å². The second-order valence-electron chi connectivity index (χ2n) is 5.31. The highest BCUT2D eigenvalue weighted by molar-refractivity contribution is 5.96. The van der Waals surface area contributed by atoms with E-state index < -0.39 is 12.1 Å². The third kappa shape index (κ3) is 4.81. The highest BCUT2D eigenvalue weighted by atomic mass is 16.5. The number of carbonyl (C=O) groups excluding carboxylic acids is 1. The van der Waals surface area contributed by atoms with Crippen LogP contribution in [0.2, 0.25) is 0 Å². The lowest BCUT2D eigenvalue weighted by molar-refractivity contribution is -0.137. The molecule has 7 nitrogen and oxygen atoms in total. The molecule has 2 aromatic rings. The van der Waals surface area contributed by atoms with Gasteiger partial charge in [-0.2, -0.15) is 0 Å². The molecule has 0 radical (unpaired) electrons. The molecule has 0 bridgehead atoms. The Labute approximate surface area is 140 Å². The molecular weight excluding hydrogens is 312 g/mol. The Morgan fingerprint density at radius 1 is 1.29 bits per heavy atom. The number of amides is 1. The number of hydrogen-bond acceptors (Lipinski definition) is 4. The Bertz CT molecular complexity index is 710. The SMILES string of the molecule is CCOCCOC(C)C(=O)Nc1ccc2c(ccn2CC(=O)O)c1. The molecule has 130 valence electrons. The van der Waals surface area contributed by atoms with Crippen LogP contribution in [-0.4, -0.2) is 47.5 Å². The first-order chi connectivity index (χ1) is 11.5. The summed E-state index contributed by atoms with van der Waals surface area (Å²) >= 11 is 0. The first-order valence-corrected chi connectivity index (χ1v) is 7.82. The van der Waals surface area contributed by atoms with Crippen LogP contribution in [-0.2, 0) is 25.6 Å². The van der Waals surface area contributed by atoms with E-state index in [1.807, 2.05) is 13.0 Å². The molecule has 1 amide bonds. The number of ether oxygens (including phenoxy) is 2. The van der Waals surface area contributed by atoms with Crippen molar-refractivity contribution in [2.75, 3.05) is 25.1 Å². The monoisotopic (exact) mass is 334 g/mol. The van der Waals surface area contributed by atoms with Gasteiger partial charge >= 0.3 is 5.97 Å². The number of anilines is 1. The molecular formula is C17H22N2O5. The molecule has 0 aliphatic rings. The maximum absolute atomic E-state index is 12.1. The van der Waals surface area contributed by atoms with Crippen molar-refractivity contribution in [1.82, 2.24) is 4.57 Å². The fraction of sp³-hybridized carbons (Fsp3) is 0.412. The lowest BCUT2D eigenvalue weighted by Gasteiger charge is -2.13. The Balaban J connectivity index is 1.97. The minimum absolute atomic E-state index is 0.0973. The summed E-state index contributed by atoms with van der Waals surface area (Å²) in [5.74, 6) is -1.14. The molecule has 0 saturated carbocycles. The summed E-state index contributed by atoms with van der Waals surface area (Å²) in [5, 5.41) is 12.5. The van der Waals surface area contributed by atoms with Crippen LogP contribution >= 0.6 is 0 Å². The van der Waals surface area contributed by atoms with Gasteiger partial charge in [-0.15, -0.1) is 0 Å². The van der Waals surface area contributed by atoms with Gasteiger partial charge in [-0.3, -0.25) is 9.59 Å². The summed E-state index contributed by atoms with van der Waals surface area (Å²) in [6.45, 7) is 4.92. The molecule has 2 N–H and O–H groups in total. The summed E-state index contributed by atoms with van der Waals surface area (Å²) in [5.41, 5.74) is 1.44. The van der Waals surface area contributed by atoms with Gasteiger partial charge in [-0.05, 0) is 38.1 Å². The van der Waals surface area contributed by atoms with Gasteiger partial charge in [0.25, 0.3) is 5.91 Å². The Morgan fingerprint density at radius 3 is 2.79 bits per heavy atom. The number of nitrogens with zero attached hydrogens (tertiary/aromatic N) is 1. The van der Waals surface area contributed by atoms with Crippen LogP contribution in [0.15, 0.2) is 30.5 Å². The van der Waals surface area contributed by atoms with Crippen molar-refractivity contribution in [2.45, 2.75) is 26.5 Å². The first-order valence-electron chi connectivity index (χ1n) is 7.82. The molecule has 0 aliphatic heterocycles. The number of carboxylic acid groups (broad SMARTS) is 1. The summed E-state index contributed by atoms with van der Waals surface area (Å²) in [6, 6.07) is 7.15. The molecule has 0 saturated heterocycles. The number of carbonyl (C=O) groups is 2.